The lowest BCUT2D eigenvalue weighted by atomic mass is 9.98. The van der Waals surface area contributed by atoms with Gasteiger partial charge in [0, 0.05) is 19.1 Å². The number of rotatable bonds is 10. The van der Waals surface area contributed by atoms with E-state index in [9.17, 15) is 14.4 Å². The van der Waals surface area contributed by atoms with E-state index < -0.39 is 36.2 Å². The van der Waals surface area contributed by atoms with E-state index in [-0.39, 0.29) is 24.9 Å². The largest absolute Gasteiger partial charge is 0.481 e. The molecule has 2 amide bonds. The molecular formula is C26H32N2O6. The van der Waals surface area contributed by atoms with Gasteiger partial charge in [-0.05, 0) is 35.1 Å². The Balaban J connectivity index is 1.68. The minimum atomic E-state index is -1.05. The van der Waals surface area contributed by atoms with Gasteiger partial charge in [0.05, 0.1) is 12.5 Å². The first-order chi connectivity index (χ1) is 16.2. The van der Waals surface area contributed by atoms with E-state index in [1.54, 1.807) is 6.92 Å². The summed E-state index contributed by atoms with van der Waals surface area (Å²) in [4.78, 5) is 36.8. The molecule has 2 unspecified atom stereocenters. The van der Waals surface area contributed by atoms with Crippen molar-refractivity contribution in [2.45, 2.75) is 51.3 Å². The van der Waals surface area contributed by atoms with Crippen LogP contribution in [-0.2, 0) is 19.1 Å². The first-order valence-electron chi connectivity index (χ1n) is 11.4. The summed E-state index contributed by atoms with van der Waals surface area (Å²) in [6.07, 6.45) is -1.62. The number of carboxylic acids is 1. The summed E-state index contributed by atoms with van der Waals surface area (Å²) in [6, 6.07) is 14.4. The summed E-state index contributed by atoms with van der Waals surface area (Å²) in [5.74, 6) is -1.75. The van der Waals surface area contributed by atoms with E-state index in [0.717, 1.165) is 22.3 Å². The van der Waals surface area contributed by atoms with Crippen molar-refractivity contribution in [3.05, 3.63) is 59.7 Å². The highest BCUT2D eigenvalue weighted by atomic mass is 16.5. The van der Waals surface area contributed by atoms with Crippen LogP contribution >= 0.6 is 0 Å². The number of amides is 2. The average Bonchev–Trinajstić information content (AvgIpc) is 3.13. The number of carbonyl (C=O) groups excluding carboxylic acids is 2. The Morgan fingerprint density at radius 1 is 0.941 bits per heavy atom. The molecule has 0 radical (unpaired) electrons. The van der Waals surface area contributed by atoms with Gasteiger partial charge < -0.3 is 25.2 Å². The third-order valence-electron chi connectivity index (χ3n) is 6.27. The number of fused-ring (bicyclic) bond motifs is 3. The number of ether oxygens (including phenoxy) is 2. The quantitative estimate of drug-likeness (QED) is 0.491. The van der Waals surface area contributed by atoms with Gasteiger partial charge in [-0.3, -0.25) is 9.59 Å². The van der Waals surface area contributed by atoms with Gasteiger partial charge in [-0.1, -0.05) is 62.4 Å². The number of aliphatic carboxylic acids is 1. The molecule has 182 valence electrons. The molecule has 34 heavy (non-hydrogen) atoms. The Labute approximate surface area is 199 Å². The van der Waals surface area contributed by atoms with Crippen LogP contribution in [0.3, 0.4) is 0 Å². The molecule has 8 nitrogen and oxygen atoms in total. The molecule has 3 rings (SSSR count). The van der Waals surface area contributed by atoms with Crippen LogP contribution in [0, 0.1) is 5.92 Å². The maximum Gasteiger partial charge on any atom is 0.407 e. The predicted octanol–water partition coefficient (Wildman–Crippen LogP) is 3.54. The summed E-state index contributed by atoms with van der Waals surface area (Å²) in [5, 5.41) is 14.4. The Hall–Kier alpha value is -3.39. The van der Waals surface area contributed by atoms with Gasteiger partial charge in [0.1, 0.15) is 12.6 Å². The zero-order chi connectivity index (χ0) is 24.8. The highest BCUT2D eigenvalue weighted by Gasteiger charge is 2.32. The number of benzene rings is 2. The second kappa shape index (κ2) is 11.2. The molecule has 0 heterocycles. The Kier molecular flexibility index (Phi) is 8.28. The van der Waals surface area contributed by atoms with Crippen molar-refractivity contribution < 1.29 is 29.0 Å². The van der Waals surface area contributed by atoms with Crippen LogP contribution in [0.15, 0.2) is 48.5 Å². The molecule has 3 N–H and O–H groups in total. The maximum atomic E-state index is 12.9. The molecule has 0 fully saturated rings. The van der Waals surface area contributed by atoms with Gasteiger partial charge in [0.25, 0.3) is 0 Å². The molecule has 0 aromatic heterocycles. The third-order valence-corrected chi connectivity index (χ3v) is 6.27. The fraction of sp³-hybridized carbons (Fsp3) is 0.423. The topological polar surface area (TPSA) is 114 Å². The van der Waals surface area contributed by atoms with Crippen LogP contribution < -0.4 is 10.6 Å². The normalized spacial score (nSPS) is 15.1. The smallest absolute Gasteiger partial charge is 0.407 e. The van der Waals surface area contributed by atoms with Crippen LogP contribution in [0.4, 0.5) is 4.79 Å². The molecule has 2 aromatic carbocycles. The van der Waals surface area contributed by atoms with Crippen molar-refractivity contribution in [1.29, 1.82) is 0 Å². The molecule has 0 aliphatic heterocycles. The monoisotopic (exact) mass is 468 g/mol. The number of carbonyl (C=O) groups is 3. The van der Waals surface area contributed by atoms with E-state index >= 15 is 0 Å². The SMILES string of the molecule is COC(C)C(NC(=O)OCC1c2ccccc2-c2ccccc21)C(=O)N[C@@H](CC(=O)O)C(C)C. The molecular weight excluding hydrogens is 436 g/mol. The predicted molar refractivity (Wildman–Crippen MR) is 127 cm³/mol. The Morgan fingerprint density at radius 2 is 1.50 bits per heavy atom. The molecule has 0 bridgehead atoms. The second-order valence-corrected chi connectivity index (χ2v) is 8.85. The maximum absolute atomic E-state index is 12.9. The lowest BCUT2D eigenvalue weighted by Gasteiger charge is -2.27. The second-order valence-electron chi connectivity index (χ2n) is 8.85. The molecule has 1 aliphatic rings. The van der Waals surface area contributed by atoms with E-state index in [4.69, 9.17) is 14.6 Å². The average molecular weight is 469 g/mol. The van der Waals surface area contributed by atoms with Crippen molar-refractivity contribution in [3.63, 3.8) is 0 Å². The van der Waals surface area contributed by atoms with Gasteiger partial charge >= 0.3 is 12.1 Å². The molecule has 0 saturated carbocycles. The van der Waals surface area contributed by atoms with Crippen LogP contribution in [0.25, 0.3) is 11.1 Å². The number of hydrogen-bond acceptors (Lipinski definition) is 5. The van der Waals surface area contributed by atoms with E-state index in [0.29, 0.717) is 0 Å². The Bertz CT molecular complexity index is 992. The third kappa shape index (κ3) is 5.75. The molecule has 0 spiro atoms. The number of methoxy groups -OCH3 is 1. The van der Waals surface area contributed by atoms with Crippen molar-refractivity contribution in [1.82, 2.24) is 10.6 Å². The van der Waals surface area contributed by atoms with Crippen LogP contribution in [0.1, 0.15) is 44.2 Å². The van der Waals surface area contributed by atoms with E-state index in [2.05, 4.69) is 22.8 Å². The summed E-state index contributed by atoms with van der Waals surface area (Å²) < 4.78 is 10.8. The lowest BCUT2D eigenvalue weighted by Crippen LogP contribution is -2.56. The van der Waals surface area contributed by atoms with E-state index in [1.807, 2.05) is 50.2 Å². The fourth-order valence-corrected chi connectivity index (χ4v) is 4.21. The van der Waals surface area contributed by atoms with Crippen LogP contribution in [-0.4, -0.2) is 55.0 Å². The minimum absolute atomic E-state index is 0.104. The number of carboxylic acid groups (broad SMARTS) is 1. The van der Waals surface area contributed by atoms with Crippen molar-refractivity contribution >= 4 is 18.0 Å². The van der Waals surface area contributed by atoms with Gasteiger partial charge in [0.2, 0.25) is 5.91 Å². The summed E-state index contributed by atoms with van der Waals surface area (Å²) in [5.41, 5.74) is 4.42. The highest BCUT2D eigenvalue weighted by Crippen LogP contribution is 2.44. The van der Waals surface area contributed by atoms with Crippen LogP contribution in [0.5, 0.6) is 0 Å². The zero-order valence-corrected chi connectivity index (χ0v) is 19.9. The molecule has 8 heteroatoms. The fourth-order valence-electron chi connectivity index (χ4n) is 4.21. The number of hydrogen-bond donors (Lipinski definition) is 3. The molecule has 0 saturated heterocycles. The lowest BCUT2D eigenvalue weighted by molar-refractivity contribution is -0.138. The van der Waals surface area contributed by atoms with Crippen molar-refractivity contribution in [2.75, 3.05) is 13.7 Å². The summed E-state index contributed by atoms with van der Waals surface area (Å²) >= 11 is 0. The van der Waals surface area contributed by atoms with Crippen molar-refractivity contribution in [3.8, 4) is 11.1 Å². The number of alkyl carbamates (subject to hydrolysis) is 1. The summed E-state index contributed by atoms with van der Waals surface area (Å²) in [7, 11) is 1.43. The first-order valence-corrected chi connectivity index (χ1v) is 11.4. The van der Waals surface area contributed by atoms with Crippen LogP contribution in [0.2, 0.25) is 0 Å². The molecule has 1 aliphatic carbocycles. The minimum Gasteiger partial charge on any atom is -0.481 e. The standard InChI is InChI=1S/C26H32N2O6/c1-15(2)22(13-23(29)30)27-25(31)24(16(3)33-4)28-26(32)34-14-21-19-11-7-5-9-17(19)18-10-6-8-12-20(18)21/h5-12,15-16,21-22,24H,13-14H2,1-4H3,(H,27,31)(H,28,32)(H,29,30)/t16?,22-,24?/m0/s1. The van der Waals surface area contributed by atoms with E-state index in [1.165, 1.54) is 7.11 Å². The van der Waals surface area contributed by atoms with Gasteiger partial charge in [-0.15, -0.1) is 0 Å². The van der Waals surface area contributed by atoms with Gasteiger partial charge in [-0.25, -0.2) is 4.79 Å². The summed E-state index contributed by atoms with van der Waals surface area (Å²) in [6.45, 7) is 5.40. The van der Waals surface area contributed by atoms with Gasteiger partial charge in [0.15, 0.2) is 0 Å². The first kappa shape index (κ1) is 25.2. The highest BCUT2D eigenvalue weighted by molar-refractivity contribution is 5.87. The van der Waals surface area contributed by atoms with Gasteiger partial charge in [-0.2, -0.15) is 0 Å². The number of nitrogens with one attached hydrogen (secondary N) is 2. The molecule has 3 atom stereocenters. The van der Waals surface area contributed by atoms with Crippen molar-refractivity contribution in [2.24, 2.45) is 5.92 Å². The molecule has 2 aromatic rings. The Morgan fingerprint density at radius 3 is 2.00 bits per heavy atom. The zero-order valence-electron chi connectivity index (χ0n) is 19.9.